The Bertz CT molecular complexity index is 1010. The van der Waals surface area contributed by atoms with E-state index in [0.29, 0.717) is 5.82 Å². The van der Waals surface area contributed by atoms with Gasteiger partial charge in [-0.2, -0.15) is 5.10 Å². The number of hydrogen-bond acceptors (Lipinski definition) is 6. The zero-order valence-corrected chi connectivity index (χ0v) is 15.8. The number of aromatic nitrogens is 5. The molecule has 28 heavy (non-hydrogen) atoms. The summed E-state index contributed by atoms with van der Waals surface area (Å²) in [6.45, 7) is 3.84. The molecule has 0 spiro atoms. The van der Waals surface area contributed by atoms with E-state index in [4.69, 9.17) is 0 Å². The first-order chi connectivity index (χ1) is 13.5. The van der Waals surface area contributed by atoms with Gasteiger partial charge in [-0.25, -0.2) is 14.6 Å². The minimum Gasteiger partial charge on any atom is -0.367 e. The summed E-state index contributed by atoms with van der Waals surface area (Å²) in [5, 5.41) is 7.65. The third-order valence-corrected chi connectivity index (χ3v) is 5.60. The van der Waals surface area contributed by atoms with Crippen LogP contribution < -0.4 is 10.2 Å². The summed E-state index contributed by atoms with van der Waals surface area (Å²) >= 11 is 0. The van der Waals surface area contributed by atoms with Gasteiger partial charge >= 0.3 is 0 Å². The van der Waals surface area contributed by atoms with E-state index in [2.05, 4.69) is 25.4 Å². The van der Waals surface area contributed by atoms with Gasteiger partial charge < -0.3 is 5.32 Å². The summed E-state index contributed by atoms with van der Waals surface area (Å²) in [4.78, 5) is 28.1. The van der Waals surface area contributed by atoms with Gasteiger partial charge in [0.15, 0.2) is 5.82 Å². The lowest BCUT2D eigenvalue weighted by molar-refractivity contribution is -0.123. The third kappa shape index (κ3) is 2.56. The molecule has 3 aromatic rings. The Kier molecular flexibility index (Phi) is 3.68. The second kappa shape index (κ2) is 6.12. The molecule has 0 saturated heterocycles. The van der Waals surface area contributed by atoms with E-state index in [1.807, 2.05) is 43.1 Å². The molecule has 5 rings (SSSR count). The SMILES string of the molecule is CC1(C)C(=O)N(C2CC(Nc3ccc(-n4cccn4)cn3)C2)c2nccnc21. The highest BCUT2D eigenvalue weighted by atomic mass is 16.2. The maximum absolute atomic E-state index is 12.9. The lowest BCUT2D eigenvalue weighted by Gasteiger charge is -2.41. The topological polar surface area (TPSA) is 88.8 Å². The molecule has 1 N–H and O–H groups in total. The van der Waals surface area contributed by atoms with Crippen molar-refractivity contribution >= 4 is 17.5 Å². The second-order valence-electron chi connectivity index (χ2n) is 7.85. The molecule has 0 aromatic carbocycles. The van der Waals surface area contributed by atoms with Crippen molar-refractivity contribution < 1.29 is 4.79 Å². The van der Waals surface area contributed by atoms with Crippen molar-refractivity contribution in [3.63, 3.8) is 0 Å². The normalized spacial score (nSPS) is 22.6. The summed E-state index contributed by atoms with van der Waals surface area (Å²) in [6.07, 6.45) is 10.5. The minimum absolute atomic E-state index is 0.0823. The van der Waals surface area contributed by atoms with Crippen LogP contribution in [-0.2, 0) is 10.2 Å². The molecule has 8 nitrogen and oxygen atoms in total. The molecule has 1 saturated carbocycles. The molecule has 8 heteroatoms. The molecule has 3 aromatic heterocycles. The predicted octanol–water partition coefficient (Wildman–Crippen LogP) is 2.32. The van der Waals surface area contributed by atoms with E-state index in [9.17, 15) is 4.79 Å². The van der Waals surface area contributed by atoms with Crippen molar-refractivity contribution in [3.05, 3.63) is 54.9 Å². The first-order valence-corrected chi connectivity index (χ1v) is 9.42. The van der Waals surface area contributed by atoms with Gasteiger partial charge in [0.2, 0.25) is 5.91 Å². The Labute approximate surface area is 162 Å². The van der Waals surface area contributed by atoms with Crippen LogP contribution in [0.5, 0.6) is 0 Å². The highest BCUT2D eigenvalue weighted by molar-refractivity contribution is 6.06. The highest BCUT2D eigenvalue weighted by Crippen LogP contribution is 2.43. The van der Waals surface area contributed by atoms with Crippen LogP contribution in [0, 0.1) is 0 Å². The molecule has 0 bridgehead atoms. The van der Waals surface area contributed by atoms with Gasteiger partial charge in [-0.15, -0.1) is 0 Å². The van der Waals surface area contributed by atoms with E-state index in [0.717, 1.165) is 30.0 Å². The Morgan fingerprint density at radius 2 is 1.93 bits per heavy atom. The van der Waals surface area contributed by atoms with Crippen molar-refractivity contribution in [3.8, 4) is 5.69 Å². The smallest absolute Gasteiger partial charge is 0.240 e. The highest BCUT2D eigenvalue weighted by Gasteiger charge is 2.51. The van der Waals surface area contributed by atoms with Crippen LogP contribution >= 0.6 is 0 Å². The largest absolute Gasteiger partial charge is 0.367 e. The molecule has 0 unspecified atom stereocenters. The Morgan fingerprint density at radius 1 is 1.11 bits per heavy atom. The summed E-state index contributed by atoms with van der Waals surface area (Å²) in [5.41, 5.74) is 1.07. The number of carbonyl (C=O) groups excluding carboxylic acids is 1. The summed E-state index contributed by atoms with van der Waals surface area (Å²) < 4.78 is 1.77. The van der Waals surface area contributed by atoms with Crippen LogP contribution in [0.4, 0.5) is 11.6 Å². The predicted molar refractivity (Wildman–Crippen MR) is 104 cm³/mol. The number of fused-ring (bicyclic) bond motifs is 1. The average Bonchev–Trinajstić information content (AvgIpc) is 3.27. The molecular weight excluding hydrogens is 354 g/mol. The van der Waals surface area contributed by atoms with E-state index >= 15 is 0 Å². The molecule has 1 amide bonds. The molecule has 1 aliphatic heterocycles. The van der Waals surface area contributed by atoms with E-state index in [1.165, 1.54) is 0 Å². The standard InChI is InChI=1S/C20H21N7O/c1-20(2)17-18(22-8-7-21-17)27(19(20)28)15-10-13(11-15)25-16-5-4-14(12-23-16)26-9-3-6-24-26/h3-9,12-13,15H,10-11H2,1-2H3,(H,23,25). The quantitative estimate of drug-likeness (QED) is 0.753. The van der Waals surface area contributed by atoms with Gasteiger partial charge in [0.05, 0.1) is 23.0 Å². The van der Waals surface area contributed by atoms with Gasteiger partial charge in [-0.1, -0.05) is 0 Å². The first kappa shape index (κ1) is 16.9. The van der Waals surface area contributed by atoms with Crippen LogP contribution in [-0.4, -0.2) is 42.7 Å². The van der Waals surface area contributed by atoms with E-state index in [-0.39, 0.29) is 18.0 Å². The number of carbonyl (C=O) groups is 1. The molecule has 1 fully saturated rings. The number of nitrogens with one attached hydrogen (secondary N) is 1. The van der Waals surface area contributed by atoms with Crippen molar-refractivity contribution in [2.24, 2.45) is 0 Å². The van der Waals surface area contributed by atoms with E-state index in [1.54, 1.807) is 29.5 Å². The van der Waals surface area contributed by atoms with Crippen LogP contribution in [0.3, 0.4) is 0 Å². The van der Waals surface area contributed by atoms with Gasteiger partial charge in [0.1, 0.15) is 5.82 Å². The van der Waals surface area contributed by atoms with Crippen molar-refractivity contribution in [1.82, 2.24) is 24.7 Å². The molecule has 1 aliphatic carbocycles. The van der Waals surface area contributed by atoms with Crippen LogP contribution in [0.1, 0.15) is 32.4 Å². The molecule has 0 atom stereocenters. The minimum atomic E-state index is -0.619. The molecule has 2 aliphatic rings. The maximum atomic E-state index is 12.9. The zero-order chi connectivity index (χ0) is 19.3. The molecule has 142 valence electrons. The fourth-order valence-corrected chi connectivity index (χ4v) is 3.94. The Hall–Kier alpha value is -3.29. The monoisotopic (exact) mass is 375 g/mol. The van der Waals surface area contributed by atoms with Gasteiger partial charge in [0.25, 0.3) is 0 Å². The number of amides is 1. The fraction of sp³-hybridized carbons (Fsp3) is 0.350. The average molecular weight is 375 g/mol. The number of hydrogen-bond donors (Lipinski definition) is 1. The zero-order valence-electron chi connectivity index (χ0n) is 15.8. The summed E-state index contributed by atoms with van der Waals surface area (Å²) in [7, 11) is 0. The molecule has 0 radical (unpaired) electrons. The third-order valence-electron chi connectivity index (χ3n) is 5.60. The number of nitrogens with zero attached hydrogens (tertiary/aromatic N) is 6. The van der Waals surface area contributed by atoms with Crippen molar-refractivity contribution in [1.29, 1.82) is 0 Å². The fourth-order valence-electron chi connectivity index (χ4n) is 3.94. The summed E-state index contributed by atoms with van der Waals surface area (Å²) in [5.74, 6) is 1.62. The number of rotatable bonds is 4. The number of anilines is 2. The first-order valence-electron chi connectivity index (χ1n) is 9.42. The lowest BCUT2D eigenvalue weighted by Crippen LogP contribution is -2.53. The summed E-state index contributed by atoms with van der Waals surface area (Å²) in [6, 6.07) is 6.24. The lowest BCUT2D eigenvalue weighted by atomic mass is 9.84. The Morgan fingerprint density at radius 3 is 2.64 bits per heavy atom. The van der Waals surface area contributed by atoms with Crippen LogP contribution in [0.2, 0.25) is 0 Å². The van der Waals surface area contributed by atoms with Gasteiger partial charge in [-0.3, -0.25) is 14.7 Å². The molecule has 4 heterocycles. The van der Waals surface area contributed by atoms with Crippen LogP contribution in [0.15, 0.2) is 49.2 Å². The van der Waals surface area contributed by atoms with Gasteiger partial charge in [-0.05, 0) is 44.9 Å². The van der Waals surface area contributed by atoms with Crippen LogP contribution in [0.25, 0.3) is 5.69 Å². The number of pyridine rings is 1. The Balaban J connectivity index is 1.25. The molecular formula is C20H21N7O. The maximum Gasteiger partial charge on any atom is 0.240 e. The van der Waals surface area contributed by atoms with Crippen molar-refractivity contribution in [2.45, 2.75) is 44.2 Å². The van der Waals surface area contributed by atoms with E-state index < -0.39 is 5.41 Å². The second-order valence-corrected chi connectivity index (χ2v) is 7.85. The van der Waals surface area contributed by atoms with Crippen molar-refractivity contribution in [2.75, 3.05) is 10.2 Å². The van der Waals surface area contributed by atoms with Gasteiger partial charge in [0, 0.05) is 36.9 Å².